The van der Waals surface area contributed by atoms with Crippen LogP contribution in [0, 0.1) is 0 Å². The van der Waals surface area contributed by atoms with Crippen molar-refractivity contribution in [3.8, 4) is 45.8 Å². The van der Waals surface area contributed by atoms with Crippen molar-refractivity contribution in [3.05, 3.63) is 30.3 Å². The maximum Gasteiger partial charge on any atom is 0.402 e. The lowest BCUT2D eigenvalue weighted by Crippen LogP contribution is -3.00. The SMILES string of the molecule is COc1cc(-c2[o+]c3cc(O)cc(O[C@@H]4O[C@H](CO)[C@@H](O)[C@H](O)[C@H]4O)c3cc2O[C@H]2O[C@@H](CO)[C@H](O)[C@@H](O)[C@@H]2O)cc(OC)c1O.[Cl-]. The largest absolute Gasteiger partial charge is 1.00 e. The number of aliphatic hydroxyl groups is 8. The molecule has 0 unspecified atom stereocenters. The summed E-state index contributed by atoms with van der Waals surface area (Å²) in [6.07, 6.45) is -16.5. The van der Waals surface area contributed by atoms with Crippen molar-refractivity contribution in [2.45, 2.75) is 61.4 Å². The third-order valence-corrected chi connectivity index (χ3v) is 7.73. The van der Waals surface area contributed by atoms with Crippen LogP contribution in [0.4, 0.5) is 0 Å². The molecular weight excluding hydrogens is 656 g/mol. The summed E-state index contributed by atoms with van der Waals surface area (Å²) >= 11 is 0. The van der Waals surface area contributed by atoms with Gasteiger partial charge in [-0.1, -0.05) is 0 Å². The van der Waals surface area contributed by atoms with Gasteiger partial charge < -0.3 is 91.9 Å². The number of aliphatic hydroxyl groups excluding tert-OH is 8. The Hall–Kier alpha value is -3.46. The van der Waals surface area contributed by atoms with Gasteiger partial charge >= 0.3 is 11.3 Å². The van der Waals surface area contributed by atoms with E-state index in [1.807, 2.05) is 0 Å². The predicted molar refractivity (Wildman–Crippen MR) is 151 cm³/mol. The van der Waals surface area contributed by atoms with Crippen molar-refractivity contribution in [1.29, 1.82) is 0 Å². The quantitative estimate of drug-likeness (QED) is 0.0944. The van der Waals surface area contributed by atoms with E-state index in [9.17, 15) is 51.1 Å². The van der Waals surface area contributed by atoms with Crippen molar-refractivity contribution in [3.63, 3.8) is 0 Å². The van der Waals surface area contributed by atoms with Crippen molar-refractivity contribution >= 4 is 11.0 Å². The van der Waals surface area contributed by atoms with Crippen LogP contribution in [0.1, 0.15) is 0 Å². The summed E-state index contributed by atoms with van der Waals surface area (Å²) in [6, 6.07) is 6.34. The Balaban J connectivity index is 0.00000500. The van der Waals surface area contributed by atoms with Gasteiger partial charge in [0.05, 0.1) is 39.1 Å². The van der Waals surface area contributed by atoms with Crippen LogP contribution in [-0.4, -0.2) is 140 Å². The topological polar surface area (TPSA) is 269 Å². The third kappa shape index (κ3) is 6.92. The van der Waals surface area contributed by atoms with Crippen LogP contribution >= 0.6 is 0 Å². The Labute approximate surface area is 272 Å². The highest BCUT2D eigenvalue weighted by Gasteiger charge is 2.47. The maximum atomic E-state index is 10.7. The average Bonchev–Trinajstić information content (AvgIpc) is 3.05. The van der Waals surface area contributed by atoms with Crippen molar-refractivity contribution in [2.24, 2.45) is 0 Å². The van der Waals surface area contributed by atoms with E-state index in [1.165, 1.54) is 38.5 Å². The molecule has 17 nitrogen and oxygen atoms in total. The van der Waals surface area contributed by atoms with Gasteiger partial charge in [-0.05, 0) is 0 Å². The van der Waals surface area contributed by atoms with E-state index in [0.29, 0.717) is 0 Å². The van der Waals surface area contributed by atoms with Crippen LogP contribution in [0.2, 0.25) is 0 Å². The lowest BCUT2D eigenvalue weighted by Gasteiger charge is -2.39. The molecule has 2 fully saturated rings. The molecule has 10 N–H and O–H groups in total. The molecule has 0 radical (unpaired) electrons. The molecule has 1 aromatic heterocycles. The molecule has 2 aliphatic rings. The minimum atomic E-state index is -1.82. The van der Waals surface area contributed by atoms with Gasteiger partial charge in [-0.3, -0.25) is 0 Å². The monoisotopic (exact) mass is 690 g/mol. The minimum absolute atomic E-state index is 0. The Morgan fingerprint density at radius 3 is 1.60 bits per heavy atom. The highest BCUT2D eigenvalue weighted by Crippen LogP contribution is 2.46. The molecule has 2 saturated heterocycles. The number of hydrogen-bond acceptors (Lipinski definition) is 16. The highest BCUT2D eigenvalue weighted by molar-refractivity contribution is 5.89. The number of aromatic hydroxyl groups is 2. The molecule has 3 aromatic rings. The van der Waals surface area contributed by atoms with Crippen molar-refractivity contribution in [1.82, 2.24) is 0 Å². The number of methoxy groups -OCH3 is 2. The molecule has 260 valence electrons. The summed E-state index contributed by atoms with van der Waals surface area (Å²) in [5.41, 5.74) is 0.120. The van der Waals surface area contributed by atoms with Gasteiger partial charge in [0.1, 0.15) is 65.7 Å². The Morgan fingerprint density at radius 2 is 1.13 bits per heavy atom. The smallest absolute Gasteiger partial charge is 0.402 e. The number of phenols is 2. The summed E-state index contributed by atoms with van der Waals surface area (Å²) in [4.78, 5) is 0. The molecule has 0 bridgehead atoms. The summed E-state index contributed by atoms with van der Waals surface area (Å²) < 4.78 is 39.3. The molecule has 0 aliphatic carbocycles. The normalized spacial score (nSPS) is 30.8. The summed E-state index contributed by atoms with van der Waals surface area (Å²) in [7, 11) is 2.59. The van der Waals surface area contributed by atoms with E-state index in [-0.39, 0.29) is 69.2 Å². The van der Waals surface area contributed by atoms with Crippen molar-refractivity contribution < 1.29 is 96.3 Å². The van der Waals surface area contributed by atoms with Gasteiger partial charge in [0.25, 0.3) is 0 Å². The van der Waals surface area contributed by atoms with Gasteiger partial charge in [-0.15, -0.1) is 0 Å². The van der Waals surface area contributed by atoms with Gasteiger partial charge in [-0.2, -0.15) is 0 Å². The number of ether oxygens (including phenoxy) is 6. The van der Waals surface area contributed by atoms with Crippen LogP contribution < -0.4 is 31.4 Å². The van der Waals surface area contributed by atoms with Crippen LogP contribution in [-0.2, 0) is 9.47 Å². The first-order valence-electron chi connectivity index (χ1n) is 14.0. The van der Waals surface area contributed by atoms with E-state index in [0.717, 1.165) is 6.07 Å². The first-order valence-corrected chi connectivity index (χ1v) is 14.0. The summed E-state index contributed by atoms with van der Waals surface area (Å²) in [5, 5.41) is 102. The second kappa shape index (κ2) is 14.8. The lowest BCUT2D eigenvalue weighted by molar-refractivity contribution is -0.277. The fourth-order valence-corrected chi connectivity index (χ4v) is 5.16. The number of hydrogen-bond donors (Lipinski definition) is 10. The lowest BCUT2D eigenvalue weighted by atomic mass is 9.99. The maximum absolute atomic E-state index is 10.7. The van der Waals surface area contributed by atoms with Crippen molar-refractivity contribution in [2.75, 3.05) is 27.4 Å². The first kappa shape index (κ1) is 36.4. The first-order chi connectivity index (χ1) is 21.9. The van der Waals surface area contributed by atoms with Crippen LogP contribution in [0.5, 0.6) is 34.5 Å². The third-order valence-electron chi connectivity index (χ3n) is 7.73. The fourth-order valence-electron chi connectivity index (χ4n) is 5.16. The van der Waals surface area contributed by atoms with E-state index in [4.69, 9.17) is 32.8 Å². The Kier molecular flexibility index (Phi) is 11.4. The average molecular weight is 691 g/mol. The van der Waals surface area contributed by atoms with Gasteiger partial charge in [-0.25, -0.2) is 4.42 Å². The molecule has 0 spiro atoms. The van der Waals surface area contributed by atoms with E-state index >= 15 is 0 Å². The molecule has 2 aromatic carbocycles. The molecule has 10 atom stereocenters. The zero-order chi connectivity index (χ0) is 33.4. The molecule has 3 heterocycles. The van der Waals surface area contributed by atoms with Gasteiger partial charge in [0.15, 0.2) is 11.5 Å². The van der Waals surface area contributed by atoms with E-state index in [2.05, 4.69) is 0 Å². The second-order valence-electron chi connectivity index (χ2n) is 10.7. The van der Waals surface area contributed by atoms with Crippen LogP contribution in [0.3, 0.4) is 0 Å². The molecule has 0 saturated carbocycles. The fraction of sp³-hybridized carbons (Fsp3) is 0.483. The number of halogens is 1. The number of benzene rings is 2. The summed E-state index contributed by atoms with van der Waals surface area (Å²) in [5.74, 6) is -1.32. The minimum Gasteiger partial charge on any atom is -1.00 e. The number of phenolic OH excluding ortho intramolecular Hbond substituents is 2. The zero-order valence-electron chi connectivity index (χ0n) is 24.8. The standard InChI is InChI=1S/C29H34O17.ClH/c1-40-15-3-10(4-16(41-2)20(15)33)27-17(44-29-26(39)24(37)22(35)19(9-31)46-29)7-12-13(42-27)5-11(32)6-14(12)43-28-25(38)23(36)21(34)18(8-30)45-28;/h3-7,18-19,21-26,28-31,34-39H,8-9H2,1-2H3,(H-,32,33);1H/t18-,19+,21-,22+,23+,24-,25-,26+,28-,29+;/m1./s1. The van der Waals surface area contributed by atoms with Crippen LogP contribution in [0.15, 0.2) is 34.7 Å². The van der Waals surface area contributed by atoms with Gasteiger partial charge in [0, 0.05) is 24.3 Å². The molecule has 5 rings (SSSR count). The Bertz CT molecular complexity index is 1510. The number of rotatable bonds is 9. The number of fused-ring (bicyclic) bond motifs is 1. The Morgan fingerprint density at radius 1 is 0.638 bits per heavy atom. The van der Waals surface area contributed by atoms with E-state index in [1.54, 1.807) is 0 Å². The molecular formula is C29H35ClO17. The van der Waals surface area contributed by atoms with Crippen LogP contribution in [0.25, 0.3) is 22.3 Å². The molecule has 2 aliphatic heterocycles. The highest BCUT2D eigenvalue weighted by atomic mass is 35.5. The molecule has 47 heavy (non-hydrogen) atoms. The predicted octanol–water partition coefficient (Wildman–Crippen LogP) is -4.83. The van der Waals surface area contributed by atoms with Gasteiger partial charge in [0.2, 0.25) is 24.1 Å². The van der Waals surface area contributed by atoms with E-state index < -0.39 is 74.6 Å². The zero-order valence-corrected chi connectivity index (χ0v) is 25.5. The summed E-state index contributed by atoms with van der Waals surface area (Å²) in [6.45, 7) is -1.45. The molecule has 18 heteroatoms. The molecule has 0 amide bonds. The second-order valence-corrected chi connectivity index (χ2v) is 10.7.